The quantitative estimate of drug-likeness (QED) is 0.672. The Kier molecular flexibility index (Phi) is 1.99. The van der Waals surface area contributed by atoms with Crippen LogP contribution in [0.15, 0.2) is 12.1 Å². The summed E-state index contributed by atoms with van der Waals surface area (Å²) in [4.78, 5) is 10.4. The van der Waals surface area contributed by atoms with Gasteiger partial charge >= 0.3 is 5.97 Å². The van der Waals surface area contributed by atoms with E-state index in [2.05, 4.69) is 0 Å². The average Bonchev–Trinajstić information content (AvgIpc) is 2.00. The number of phenolic OH excluding ortho intramolecular Hbond substituents is 1. The third kappa shape index (κ3) is 1.23. The Labute approximate surface area is 68.1 Å². The third-order valence-corrected chi connectivity index (χ3v) is 1.59. The standard InChI is InChI=1S/C8H7FO3/c1-4-6(10)3-2-5(7(4)9)8(11)12/h2-3,10H,1H3,(H,11,12). The number of hydrogen-bond donors (Lipinski definition) is 2. The van der Waals surface area contributed by atoms with Crippen molar-refractivity contribution in [2.75, 3.05) is 0 Å². The van der Waals surface area contributed by atoms with Crippen molar-refractivity contribution in [3.63, 3.8) is 0 Å². The van der Waals surface area contributed by atoms with E-state index in [0.717, 1.165) is 12.1 Å². The fourth-order valence-electron chi connectivity index (χ4n) is 0.840. The highest BCUT2D eigenvalue weighted by Gasteiger charge is 2.13. The average molecular weight is 170 g/mol. The molecule has 0 aromatic heterocycles. The predicted molar refractivity (Wildman–Crippen MR) is 39.8 cm³/mol. The van der Waals surface area contributed by atoms with Gasteiger partial charge in [0, 0.05) is 5.56 Å². The summed E-state index contributed by atoms with van der Waals surface area (Å²) in [7, 11) is 0. The lowest BCUT2D eigenvalue weighted by molar-refractivity contribution is 0.0691. The fraction of sp³-hybridized carbons (Fsp3) is 0.125. The van der Waals surface area contributed by atoms with E-state index in [-0.39, 0.29) is 11.3 Å². The Morgan fingerprint density at radius 3 is 2.58 bits per heavy atom. The molecule has 0 spiro atoms. The molecule has 0 atom stereocenters. The van der Waals surface area contributed by atoms with Crippen molar-refractivity contribution in [1.29, 1.82) is 0 Å². The topological polar surface area (TPSA) is 57.5 Å². The van der Waals surface area contributed by atoms with Gasteiger partial charge in [-0.3, -0.25) is 0 Å². The van der Waals surface area contributed by atoms with E-state index in [1.54, 1.807) is 0 Å². The van der Waals surface area contributed by atoms with Gasteiger partial charge in [0.05, 0.1) is 5.56 Å². The SMILES string of the molecule is Cc1c(O)ccc(C(=O)O)c1F. The molecule has 4 heteroatoms. The molecule has 64 valence electrons. The number of carbonyl (C=O) groups is 1. The highest BCUT2D eigenvalue weighted by Crippen LogP contribution is 2.21. The first-order valence-corrected chi connectivity index (χ1v) is 3.25. The second kappa shape index (κ2) is 2.81. The van der Waals surface area contributed by atoms with Crippen LogP contribution in [0.5, 0.6) is 5.75 Å². The molecule has 0 saturated heterocycles. The molecule has 3 nitrogen and oxygen atoms in total. The number of rotatable bonds is 1. The molecular weight excluding hydrogens is 163 g/mol. The molecule has 0 amide bonds. The summed E-state index contributed by atoms with van der Waals surface area (Å²) >= 11 is 0. The molecule has 12 heavy (non-hydrogen) atoms. The minimum Gasteiger partial charge on any atom is -0.508 e. The van der Waals surface area contributed by atoms with Crippen LogP contribution in [-0.2, 0) is 0 Å². The highest BCUT2D eigenvalue weighted by atomic mass is 19.1. The summed E-state index contributed by atoms with van der Waals surface area (Å²) in [5.41, 5.74) is -0.472. The summed E-state index contributed by atoms with van der Waals surface area (Å²) in [5, 5.41) is 17.4. The zero-order valence-corrected chi connectivity index (χ0v) is 6.34. The molecule has 0 saturated carbocycles. The van der Waals surface area contributed by atoms with E-state index >= 15 is 0 Å². The van der Waals surface area contributed by atoms with Gasteiger partial charge < -0.3 is 10.2 Å². The number of carboxylic acids is 1. The molecule has 0 radical (unpaired) electrons. The molecule has 0 aliphatic carbocycles. The normalized spacial score (nSPS) is 9.83. The Morgan fingerprint density at radius 2 is 2.08 bits per heavy atom. The van der Waals surface area contributed by atoms with Crippen molar-refractivity contribution in [2.24, 2.45) is 0 Å². The van der Waals surface area contributed by atoms with Crippen LogP contribution < -0.4 is 0 Å². The molecule has 0 unspecified atom stereocenters. The molecule has 1 rings (SSSR count). The summed E-state index contributed by atoms with van der Waals surface area (Å²) in [6, 6.07) is 2.18. The van der Waals surface area contributed by atoms with E-state index < -0.39 is 17.3 Å². The first-order chi connectivity index (χ1) is 5.54. The van der Waals surface area contributed by atoms with Crippen LogP contribution in [0.2, 0.25) is 0 Å². The Morgan fingerprint density at radius 1 is 1.50 bits per heavy atom. The van der Waals surface area contributed by atoms with Crippen LogP contribution in [0.25, 0.3) is 0 Å². The first-order valence-electron chi connectivity index (χ1n) is 3.25. The van der Waals surface area contributed by atoms with E-state index in [1.165, 1.54) is 6.92 Å². The van der Waals surface area contributed by atoms with Crippen LogP contribution in [0.1, 0.15) is 15.9 Å². The van der Waals surface area contributed by atoms with E-state index in [0.29, 0.717) is 0 Å². The molecule has 2 N–H and O–H groups in total. The minimum absolute atomic E-state index is 0.0464. The van der Waals surface area contributed by atoms with Crippen LogP contribution in [0.3, 0.4) is 0 Å². The third-order valence-electron chi connectivity index (χ3n) is 1.59. The van der Waals surface area contributed by atoms with Gasteiger partial charge in [-0.1, -0.05) is 0 Å². The summed E-state index contributed by atoms with van der Waals surface area (Å²) in [6.07, 6.45) is 0. The smallest absolute Gasteiger partial charge is 0.338 e. The second-order valence-corrected chi connectivity index (χ2v) is 2.38. The minimum atomic E-state index is -1.34. The zero-order chi connectivity index (χ0) is 9.30. The van der Waals surface area contributed by atoms with Crippen LogP contribution in [0, 0.1) is 12.7 Å². The summed E-state index contributed by atoms with van der Waals surface area (Å²) in [5.74, 6) is -2.46. The lowest BCUT2D eigenvalue weighted by atomic mass is 10.1. The maximum absolute atomic E-state index is 13.0. The number of benzene rings is 1. The van der Waals surface area contributed by atoms with Crippen molar-refractivity contribution in [3.8, 4) is 5.75 Å². The lowest BCUT2D eigenvalue weighted by Gasteiger charge is -2.02. The van der Waals surface area contributed by atoms with Crippen molar-refractivity contribution < 1.29 is 19.4 Å². The number of hydrogen-bond acceptors (Lipinski definition) is 2. The number of phenols is 1. The monoisotopic (exact) mass is 170 g/mol. The maximum Gasteiger partial charge on any atom is 0.338 e. The fourth-order valence-corrected chi connectivity index (χ4v) is 0.840. The molecule has 0 heterocycles. The molecule has 0 aliphatic heterocycles. The van der Waals surface area contributed by atoms with Crippen LogP contribution >= 0.6 is 0 Å². The maximum atomic E-state index is 13.0. The Balaban J connectivity index is 3.36. The molecular formula is C8H7FO3. The zero-order valence-electron chi connectivity index (χ0n) is 6.34. The number of aromatic carboxylic acids is 1. The molecule has 0 bridgehead atoms. The largest absolute Gasteiger partial charge is 0.508 e. The molecule has 1 aromatic rings. The van der Waals surface area contributed by atoms with Crippen molar-refractivity contribution in [2.45, 2.75) is 6.92 Å². The van der Waals surface area contributed by atoms with Gasteiger partial charge in [0.2, 0.25) is 0 Å². The molecule has 1 aromatic carbocycles. The van der Waals surface area contributed by atoms with Crippen molar-refractivity contribution in [3.05, 3.63) is 29.1 Å². The second-order valence-electron chi connectivity index (χ2n) is 2.38. The van der Waals surface area contributed by atoms with Crippen LogP contribution in [0.4, 0.5) is 4.39 Å². The highest BCUT2D eigenvalue weighted by molar-refractivity contribution is 5.88. The Hall–Kier alpha value is -1.58. The van der Waals surface area contributed by atoms with Gasteiger partial charge in [-0.25, -0.2) is 9.18 Å². The molecule has 0 fully saturated rings. The van der Waals surface area contributed by atoms with Crippen LogP contribution in [-0.4, -0.2) is 16.2 Å². The van der Waals surface area contributed by atoms with Gasteiger partial charge in [0.25, 0.3) is 0 Å². The van der Waals surface area contributed by atoms with Gasteiger partial charge in [0.1, 0.15) is 11.6 Å². The lowest BCUT2D eigenvalue weighted by Crippen LogP contribution is -2.01. The van der Waals surface area contributed by atoms with Gasteiger partial charge in [0.15, 0.2) is 0 Å². The Bertz CT molecular complexity index is 333. The van der Waals surface area contributed by atoms with Crippen molar-refractivity contribution >= 4 is 5.97 Å². The number of aromatic hydroxyl groups is 1. The summed E-state index contributed by atoms with van der Waals surface area (Å²) < 4.78 is 13.0. The van der Waals surface area contributed by atoms with Gasteiger partial charge in [-0.2, -0.15) is 0 Å². The first kappa shape index (κ1) is 8.52. The number of halogens is 1. The predicted octanol–water partition coefficient (Wildman–Crippen LogP) is 1.54. The number of carboxylic acid groups (broad SMARTS) is 1. The van der Waals surface area contributed by atoms with Gasteiger partial charge in [-0.05, 0) is 19.1 Å². The van der Waals surface area contributed by atoms with E-state index in [9.17, 15) is 9.18 Å². The van der Waals surface area contributed by atoms with Gasteiger partial charge in [-0.15, -0.1) is 0 Å². The van der Waals surface area contributed by atoms with E-state index in [4.69, 9.17) is 10.2 Å². The van der Waals surface area contributed by atoms with Crippen molar-refractivity contribution in [1.82, 2.24) is 0 Å². The van der Waals surface area contributed by atoms with E-state index in [1.807, 2.05) is 0 Å². The molecule has 0 aliphatic rings. The summed E-state index contributed by atoms with van der Waals surface area (Å²) in [6.45, 7) is 1.32.